The maximum Gasteiger partial charge on any atom is 0.200 e. The van der Waals surface area contributed by atoms with Crippen LogP contribution in [0.5, 0.6) is 5.75 Å². The summed E-state index contributed by atoms with van der Waals surface area (Å²) < 4.78 is 20.3. The van der Waals surface area contributed by atoms with Gasteiger partial charge in [-0.05, 0) is 61.0 Å². The first-order valence-corrected chi connectivity index (χ1v) is 12.0. The smallest absolute Gasteiger partial charge is 0.200 e. The minimum Gasteiger partial charge on any atom is -0.507 e. The van der Waals surface area contributed by atoms with E-state index >= 15 is 0 Å². The largest absolute Gasteiger partial charge is 0.507 e. The van der Waals surface area contributed by atoms with Crippen LogP contribution in [0.25, 0.3) is 22.1 Å². The van der Waals surface area contributed by atoms with Crippen LogP contribution >= 0.6 is 15.9 Å². The van der Waals surface area contributed by atoms with Gasteiger partial charge in [0.15, 0.2) is 0 Å². The van der Waals surface area contributed by atoms with Gasteiger partial charge in [-0.25, -0.2) is 4.39 Å². The number of phenolic OH excluding ortho intramolecular Hbond substituents is 1. The van der Waals surface area contributed by atoms with Crippen molar-refractivity contribution >= 4 is 32.6 Å². The van der Waals surface area contributed by atoms with Crippen LogP contribution in [0.1, 0.15) is 11.3 Å². The van der Waals surface area contributed by atoms with Gasteiger partial charge in [0, 0.05) is 42.9 Å². The number of aromatic hydroxyl groups is 1. The van der Waals surface area contributed by atoms with Gasteiger partial charge in [0.2, 0.25) is 5.43 Å². The molecule has 1 fully saturated rings. The summed E-state index contributed by atoms with van der Waals surface area (Å²) >= 11 is 3.43. The van der Waals surface area contributed by atoms with Crippen molar-refractivity contribution in [1.82, 2.24) is 4.90 Å². The Kier molecular flexibility index (Phi) is 6.15. The highest BCUT2D eigenvalue weighted by Gasteiger charge is 2.22. The number of aryl methyl sites for hydroxylation is 1. The minimum atomic E-state index is -0.242. The van der Waals surface area contributed by atoms with Crippen molar-refractivity contribution < 1.29 is 13.9 Å². The Morgan fingerprint density at radius 3 is 2.32 bits per heavy atom. The van der Waals surface area contributed by atoms with E-state index in [1.54, 1.807) is 31.2 Å². The zero-order valence-corrected chi connectivity index (χ0v) is 20.3. The molecule has 5 nitrogen and oxygen atoms in total. The molecule has 0 saturated carbocycles. The van der Waals surface area contributed by atoms with Crippen LogP contribution in [-0.2, 0) is 6.54 Å². The first-order chi connectivity index (χ1) is 16.4. The number of fused-ring (bicyclic) bond motifs is 1. The fraction of sp³-hybridized carbons (Fsp3) is 0.222. The summed E-state index contributed by atoms with van der Waals surface area (Å²) in [5.41, 5.74) is 3.27. The Morgan fingerprint density at radius 2 is 1.65 bits per heavy atom. The van der Waals surface area contributed by atoms with E-state index in [1.165, 1.54) is 12.1 Å². The van der Waals surface area contributed by atoms with E-state index in [9.17, 15) is 14.3 Å². The number of piperazine rings is 1. The van der Waals surface area contributed by atoms with Crippen molar-refractivity contribution in [2.45, 2.75) is 13.5 Å². The van der Waals surface area contributed by atoms with Gasteiger partial charge in [0.25, 0.3) is 0 Å². The molecule has 1 saturated heterocycles. The zero-order valence-electron chi connectivity index (χ0n) is 18.7. The maximum absolute atomic E-state index is 13.4. The van der Waals surface area contributed by atoms with Crippen LogP contribution in [0.4, 0.5) is 10.1 Å². The van der Waals surface area contributed by atoms with E-state index in [0.717, 1.165) is 41.9 Å². The van der Waals surface area contributed by atoms with E-state index in [1.807, 2.05) is 24.3 Å². The number of hydrogen-bond acceptors (Lipinski definition) is 5. The molecular weight excluding hydrogens is 499 g/mol. The summed E-state index contributed by atoms with van der Waals surface area (Å²) in [6, 6.07) is 17.3. The van der Waals surface area contributed by atoms with Crippen LogP contribution in [0.3, 0.4) is 0 Å². The molecule has 1 N–H and O–H groups in total. The molecule has 1 aliphatic rings. The molecule has 2 heterocycles. The van der Waals surface area contributed by atoms with E-state index < -0.39 is 0 Å². The maximum atomic E-state index is 13.4. The molecule has 4 aromatic rings. The molecular formula is C27H24BrFN2O3. The molecule has 7 heteroatoms. The van der Waals surface area contributed by atoms with Gasteiger partial charge in [-0.2, -0.15) is 0 Å². The molecule has 0 bridgehead atoms. The van der Waals surface area contributed by atoms with Crippen molar-refractivity contribution in [3.05, 3.63) is 92.5 Å². The van der Waals surface area contributed by atoms with Gasteiger partial charge >= 0.3 is 0 Å². The van der Waals surface area contributed by atoms with Gasteiger partial charge < -0.3 is 14.4 Å². The normalized spacial score (nSPS) is 14.6. The number of nitrogens with zero attached hydrogens (tertiary/aromatic N) is 2. The molecule has 1 aromatic heterocycles. The number of phenols is 1. The minimum absolute atomic E-state index is 0.108. The quantitative estimate of drug-likeness (QED) is 0.372. The standard InChI is InChI=1S/C27H24BrFN2O3/c1-17-25(18-2-4-19(28)5-3-18)26(33)22-10-11-24(32)23(27(22)34-17)16-30-12-14-31(15-13-30)21-8-6-20(29)7-9-21/h2-11,32H,12-16H2,1H3. The van der Waals surface area contributed by atoms with Crippen LogP contribution in [0.15, 0.2) is 74.3 Å². The predicted molar refractivity (Wildman–Crippen MR) is 136 cm³/mol. The molecule has 174 valence electrons. The Balaban J connectivity index is 1.43. The van der Waals surface area contributed by atoms with Crippen LogP contribution in [0, 0.1) is 12.7 Å². The number of anilines is 1. The molecule has 0 aliphatic carbocycles. The summed E-state index contributed by atoms with van der Waals surface area (Å²) in [7, 11) is 0. The fourth-order valence-electron chi connectivity index (χ4n) is 4.55. The summed E-state index contributed by atoms with van der Waals surface area (Å²) in [6.07, 6.45) is 0. The van der Waals surface area contributed by atoms with Gasteiger partial charge in [0.1, 0.15) is 22.9 Å². The van der Waals surface area contributed by atoms with Gasteiger partial charge in [0.05, 0.1) is 16.5 Å². The monoisotopic (exact) mass is 522 g/mol. The van der Waals surface area contributed by atoms with Gasteiger partial charge in [-0.15, -0.1) is 0 Å². The molecule has 0 unspecified atom stereocenters. The van der Waals surface area contributed by atoms with Gasteiger partial charge in [-0.1, -0.05) is 28.1 Å². The Bertz CT molecular complexity index is 1390. The topological polar surface area (TPSA) is 56.9 Å². The molecule has 0 spiro atoms. The average molecular weight is 523 g/mol. The van der Waals surface area contributed by atoms with Crippen molar-refractivity contribution in [2.75, 3.05) is 31.1 Å². The highest BCUT2D eigenvalue weighted by molar-refractivity contribution is 9.10. The average Bonchev–Trinajstić information content (AvgIpc) is 2.83. The molecule has 0 radical (unpaired) electrons. The zero-order chi connectivity index (χ0) is 23.8. The summed E-state index contributed by atoms with van der Waals surface area (Å²) in [6.45, 7) is 5.37. The Morgan fingerprint density at radius 1 is 0.971 bits per heavy atom. The third-order valence-electron chi connectivity index (χ3n) is 6.39. The SMILES string of the molecule is Cc1oc2c(CN3CCN(c4ccc(F)cc4)CC3)c(O)ccc2c(=O)c1-c1ccc(Br)cc1. The third kappa shape index (κ3) is 4.33. The Hall–Kier alpha value is -3.16. The molecule has 0 atom stereocenters. The van der Waals surface area contributed by atoms with Crippen molar-refractivity contribution in [1.29, 1.82) is 0 Å². The molecule has 34 heavy (non-hydrogen) atoms. The van der Waals surface area contributed by atoms with Crippen LogP contribution in [-0.4, -0.2) is 36.2 Å². The predicted octanol–water partition coefficient (Wildman–Crippen LogP) is 5.70. The Labute approximate surface area is 205 Å². The molecule has 5 rings (SSSR count). The number of hydrogen-bond donors (Lipinski definition) is 1. The molecule has 3 aromatic carbocycles. The first kappa shape index (κ1) is 22.6. The van der Waals surface area contributed by atoms with Gasteiger partial charge in [-0.3, -0.25) is 9.69 Å². The third-order valence-corrected chi connectivity index (χ3v) is 6.92. The highest BCUT2D eigenvalue weighted by atomic mass is 79.9. The van der Waals surface area contributed by atoms with E-state index in [2.05, 4.69) is 25.7 Å². The number of rotatable bonds is 4. The summed E-state index contributed by atoms with van der Waals surface area (Å²) in [5, 5.41) is 11.1. The van der Waals surface area contributed by atoms with Crippen LogP contribution < -0.4 is 10.3 Å². The van der Waals surface area contributed by atoms with Crippen molar-refractivity contribution in [3.8, 4) is 16.9 Å². The lowest BCUT2D eigenvalue weighted by Gasteiger charge is -2.36. The number of halogens is 2. The lowest BCUT2D eigenvalue weighted by molar-refractivity contribution is 0.246. The second-order valence-corrected chi connectivity index (χ2v) is 9.46. The fourth-order valence-corrected chi connectivity index (χ4v) is 4.82. The highest BCUT2D eigenvalue weighted by Crippen LogP contribution is 2.32. The van der Waals surface area contributed by atoms with Crippen molar-refractivity contribution in [3.63, 3.8) is 0 Å². The second-order valence-electron chi connectivity index (χ2n) is 8.55. The van der Waals surface area contributed by atoms with E-state index in [4.69, 9.17) is 4.42 Å². The van der Waals surface area contributed by atoms with E-state index in [0.29, 0.717) is 34.4 Å². The summed E-state index contributed by atoms with van der Waals surface area (Å²) in [4.78, 5) is 17.9. The number of benzene rings is 3. The van der Waals surface area contributed by atoms with Crippen LogP contribution in [0.2, 0.25) is 0 Å². The molecule has 0 amide bonds. The lowest BCUT2D eigenvalue weighted by atomic mass is 10.0. The second kappa shape index (κ2) is 9.24. The first-order valence-electron chi connectivity index (χ1n) is 11.2. The lowest BCUT2D eigenvalue weighted by Crippen LogP contribution is -2.46. The van der Waals surface area contributed by atoms with Crippen molar-refractivity contribution in [2.24, 2.45) is 0 Å². The van der Waals surface area contributed by atoms with E-state index in [-0.39, 0.29) is 17.0 Å². The molecule has 1 aliphatic heterocycles. The summed E-state index contributed by atoms with van der Waals surface area (Å²) in [5.74, 6) is 0.397.